The van der Waals surface area contributed by atoms with Gasteiger partial charge in [-0.05, 0) is 38.8 Å². The summed E-state index contributed by atoms with van der Waals surface area (Å²) in [5.74, 6) is -2.33. The number of rotatable bonds is 2. The third-order valence-electron chi connectivity index (χ3n) is 7.26. The van der Waals surface area contributed by atoms with Gasteiger partial charge < -0.3 is 24.3 Å². The number of ether oxygens (including phenoxy) is 4. The fourth-order valence-corrected chi connectivity index (χ4v) is 5.12. The number of fused-ring (bicyclic) bond motifs is 2. The lowest BCUT2D eigenvalue weighted by molar-refractivity contribution is -0.0853. The van der Waals surface area contributed by atoms with Crippen LogP contribution in [-0.2, 0) is 15.4 Å². The van der Waals surface area contributed by atoms with Gasteiger partial charge in [0.25, 0.3) is 5.92 Å². The van der Waals surface area contributed by atoms with E-state index in [2.05, 4.69) is 15.3 Å². The molecule has 40 heavy (non-hydrogen) atoms. The first-order valence-corrected chi connectivity index (χ1v) is 14.0. The second kappa shape index (κ2) is 12.6. The molecule has 1 N–H and O–H groups in total. The third kappa shape index (κ3) is 6.61. The number of aryl methyl sites for hydroxylation is 1. The molecule has 1 saturated heterocycles. The van der Waals surface area contributed by atoms with Crippen molar-refractivity contribution in [2.75, 3.05) is 38.4 Å². The van der Waals surface area contributed by atoms with Crippen LogP contribution in [0.4, 0.5) is 19.0 Å². The van der Waals surface area contributed by atoms with E-state index < -0.39 is 30.0 Å². The maximum Gasteiger partial charge on any atom is 0.298 e. The molecular formula is C30H36F3N3O4. The lowest BCUT2D eigenvalue weighted by atomic mass is 10.00. The highest BCUT2D eigenvalue weighted by atomic mass is 19.3. The summed E-state index contributed by atoms with van der Waals surface area (Å²) in [7, 11) is 0. The van der Waals surface area contributed by atoms with Crippen molar-refractivity contribution in [3.8, 4) is 11.5 Å². The molecule has 2 aliphatic rings. The second-order valence-electron chi connectivity index (χ2n) is 10.5. The first kappa shape index (κ1) is 28.4. The van der Waals surface area contributed by atoms with Crippen LogP contribution in [0.2, 0.25) is 0 Å². The molecule has 0 radical (unpaired) electrons. The van der Waals surface area contributed by atoms with Crippen LogP contribution in [0.15, 0.2) is 30.3 Å². The predicted octanol–water partition coefficient (Wildman–Crippen LogP) is 6.87. The standard InChI is InChI=1S/C30H36F3N3O4/c1-19-23-9-8-10-25(27(23)31)30(32,33)18-38-12-6-4-3-5-7-13-39-26-16-22(40-21-11-14-37-17-21)15-24-28(26)35-20(2)36-29(24)34-19/h8-10,15-16,19,21H,3-7,11-14,17-18H2,1-2H3,(H,34,35,36)/t19-,21?/m1/s1. The van der Waals surface area contributed by atoms with Crippen molar-refractivity contribution in [3.63, 3.8) is 0 Å². The Balaban J connectivity index is 1.55. The molecular weight excluding hydrogens is 523 g/mol. The van der Waals surface area contributed by atoms with Crippen LogP contribution in [-0.4, -0.2) is 49.1 Å². The highest BCUT2D eigenvalue weighted by Crippen LogP contribution is 2.38. The van der Waals surface area contributed by atoms with E-state index in [0.29, 0.717) is 60.3 Å². The molecule has 0 aliphatic carbocycles. The summed E-state index contributed by atoms with van der Waals surface area (Å²) in [6.07, 6.45) is 4.92. The fraction of sp³-hybridized carbons (Fsp3) is 0.533. The van der Waals surface area contributed by atoms with E-state index in [4.69, 9.17) is 18.9 Å². The van der Waals surface area contributed by atoms with Gasteiger partial charge in [-0.1, -0.05) is 31.4 Å². The summed E-state index contributed by atoms with van der Waals surface area (Å²) < 4.78 is 68.7. The zero-order valence-electron chi connectivity index (χ0n) is 23.0. The minimum absolute atomic E-state index is 0.0759. The number of halogens is 3. The summed E-state index contributed by atoms with van der Waals surface area (Å²) >= 11 is 0. The number of nitrogens with one attached hydrogen (secondary N) is 1. The van der Waals surface area contributed by atoms with E-state index in [1.165, 1.54) is 12.1 Å². The van der Waals surface area contributed by atoms with Crippen molar-refractivity contribution in [2.24, 2.45) is 0 Å². The molecule has 0 saturated carbocycles. The number of aromatic nitrogens is 2. The molecule has 216 valence electrons. The van der Waals surface area contributed by atoms with E-state index in [1.54, 1.807) is 13.8 Å². The molecule has 1 aromatic heterocycles. The van der Waals surface area contributed by atoms with Crippen molar-refractivity contribution in [1.82, 2.24) is 9.97 Å². The largest absolute Gasteiger partial charge is 0.491 e. The van der Waals surface area contributed by atoms with Crippen LogP contribution in [0.25, 0.3) is 10.9 Å². The average molecular weight is 560 g/mol. The number of benzene rings is 2. The first-order valence-electron chi connectivity index (χ1n) is 14.0. The Morgan fingerprint density at radius 1 is 1.00 bits per heavy atom. The molecule has 3 heterocycles. The Kier molecular flexibility index (Phi) is 8.95. The average Bonchev–Trinajstić information content (AvgIpc) is 3.42. The maximum absolute atomic E-state index is 15.5. The van der Waals surface area contributed by atoms with Gasteiger partial charge in [0.05, 0.1) is 36.8 Å². The zero-order chi connectivity index (χ0) is 28.1. The van der Waals surface area contributed by atoms with E-state index in [-0.39, 0.29) is 18.3 Å². The van der Waals surface area contributed by atoms with Crippen LogP contribution in [0.1, 0.15) is 68.4 Å². The quantitative estimate of drug-likeness (QED) is 0.367. The summed E-state index contributed by atoms with van der Waals surface area (Å²) in [6, 6.07) is 7.05. The minimum Gasteiger partial charge on any atom is -0.491 e. The molecule has 2 atom stereocenters. The second-order valence-corrected chi connectivity index (χ2v) is 10.5. The Labute approximate surface area is 232 Å². The fourth-order valence-electron chi connectivity index (χ4n) is 5.12. The molecule has 1 fully saturated rings. The van der Waals surface area contributed by atoms with E-state index in [9.17, 15) is 8.78 Å². The molecule has 5 rings (SSSR count). The van der Waals surface area contributed by atoms with Crippen molar-refractivity contribution in [2.45, 2.75) is 70.4 Å². The number of nitrogens with zero attached hydrogens (tertiary/aromatic N) is 2. The molecule has 10 heteroatoms. The minimum atomic E-state index is -3.46. The number of alkyl halides is 2. The highest BCUT2D eigenvalue weighted by molar-refractivity contribution is 5.94. The SMILES string of the molecule is Cc1nc2c3cc(OC4CCOC4)cc(c3n1)OCCCCCCCOCC(F)(F)c1cccc(c1F)[C@@H](C)N2. The van der Waals surface area contributed by atoms with Gasteiger partial charge in [-0.25, -0.2) is 14.4 Å². The summed E-state index contributed by atoms with van der Waals surface area (Å²) in [5, 5.41) is 3.87. The van der Waals surface area contributed by atoms with Crippen LogP contribution in [0, 0.1) is 12.7 Å². The lowest BCUT2D eigenvalue weighted by Crippen LogP contribution is -2.24. The summed E-state index contributed by atoms with van der Waals surface area (Å²) in [4.78, 5) is 9.25. The zero-order valence-corrected chi connectivity index (χ0v) is 23.0. The van der Waals surface area contributed by atoms with Crippen molar-refractivity contribution in [1.29, 1.82) is 0 Å². The van der Waals surface area contributed by atoms with Gasteiger partial charge in [-0.2, -0.15) is 8.78 Å². The van der Waals surface area contributed by atoms with Gasteiger partial charge in [0.1, 0.15) is 47.2 Å². The molecule has 0 spiro atoms. The Morgan fingerprint density at radius 2 is 1.80 bits per heavy atom. The third-order valence-corrected chi connectivity index (χ3v) is 7.26. The number of hydrogen-bond donors (Lipinski definition) is 1. The predicted molar refractivity (Wildman–Crippen MR) is 146 cm³/mol. The van der Waals surface area contributed by atoms with Gasteiger partial charge in [0.15, 0.2) is 0 Å². The van der Waals surface area contributed by atoms with Gasteiger partial charge in [0.2, 0.25) is 0 Å². The normalized spacial score (nSPS) is 22.4. The molecule has 2 aromatic carbocycles. The van der Waals surface area contributed by atoms with E-state index in [0.717, 1.165) is 38.2 Å². The first-order chi connectivity index (χ1) is 19.3. The van der Waals surface area contributed by atoms with E-state index >= 15 is 4.39 Å². The Bertz CT molecular complexity index is 1320. The van der Waals surface area contributed by atoms with E-state index in [1.807, 2.05) is 12.1 Å². The topological polar surface area (TPSA) is 74.7 Å². The van der Waals surface area contributed by atoms with Crippen LogP contribution in [0.3, 0.4) is 0 Å². The summed E-state index contributed by atoms with van der Waals surface area (Å²) in [5.41, 5.74) is 0.0226. The van der Waals surface area contributed by atoms with Gasteiger partial charge in [0, 0.05) is 24.7 Å². The molecule has 1 unspecified atom stereocenters. The maximum atomic E-state index is 15.5. The monoisotopic (exact) mass is 559 g/mol. The molecule has 3 aromatic rings. The molecule has 2 aliphatic heterocycles. The van der Waals surface area contributed by atoms with Crippen molar-refractivity contribution < 1.29 is 32.1 Å². The van der Waals surface area contributed by atoms with Crippen LogP contribution >= 0.6 is 0 Å². The van der Waals surface area contributed by atoms with Crippen molar-refractivity contribution in [3.05, 3.63) is 53.1 Å². The Hall–Kier alpha value is -3.11. The van der Waals surface area contributed by atoms with Crippen molar-refractivity contribution >= 4 is 16.7 Å². The van der Waals surface area contributed by atoms with Gasteiger partial charge in [-0.3, -0.25) is 0 Å². The molecule has 6 bridgehead atoms. The van der Waals surface area contributed by atoms with Gasteiger partial charge in [-0.15, -0.1) is 0 Å². The van der Waals surface area contributed by atoms with Gasteiger partial charge >= 0.3 is 0 Å². The molecule has 0 amide bonds. The highest BCUT2D eigenvalue weighted by Gasteiger charge is 2.36. The smallest absolute Gasteiger partial charge is 0.298 e. The Morgan fingerprint density at radius 3 is 2.60 bits per heavy atom. The molecule has 7 nitrogen and oxygen atoms in total. The lowest BCUT2D eigenvalue weighted by Gasteiger charge is -2.23. The van der Waals surface area contributed by atoms with Crippen LogP contribution in [0.5, 0.6) is 11.5 Å². The number of anilines is 1. The summed E-state index contributed by atoms with van der Waals surface area (Å²) in [6.45, 7) is 4.45. The number of hydrogen-bond acceptors (Lipinski definition) is 7. The van der Waals surface area contributed by atoms with Crippen LogP contribution < -0.4 is 14.8 Å².